The second kappa shape index (κ2) is 10.3. The summed E-state index contributed by atoms with van der Waals surface area (Å²) in [5.74, 6) is 2.85. The molecule has 1 amide bonds. The maximum absolute atomic E-state index is 13.6. The Labute approximate surface area is 235 Å². The third-order valence-corrected chi connectivity index (χ3v) is 9.93. The van der Waals surface area contributed by atoms with Crippen LogP contribution in [0.25, 0.3) is 11.1 Å². The molecular formula is C32H38N4O4. The Morgan fingerprint density at radius 1 is 1.02 bits per heavy atom. The van der Waals surface area contributed by atoms with E-state index < -0.39 is 0 Å². The van der Waals surface area contributed by atoms with Gasteiger partial charge in [-0.15, -0.1) is 0 Å². The van der Waals surface area contributed by atoms with Crippen LogP contribution in [0.5, 0.6) is 5.88 Å². The van der Waals surface area contributed by atoms with Crippen molar-refractivity contribution >= 4 is 5.91 Å². The average molecular weight is 543 g/mol. The molecule has 4 aliphatic carbocycles. The van der Waals surface area contributed by atoms with Gasteiger partial charge in [0, 0.05) is 37.3 Å². The Morgan fingerprint density at radius 2 is 1.80 bits per heavy atom. The Morgan fingerprint density at radius 3 is 2.58 bits per heavy atom. The largest absolute Gasteiger partial charge is 0.481 e. The number of rotatable bonds is 8. The van der Waals surface area contributed by atoms with Crippen LogP contribution in [0, 0.1) is 11.3 Å². The lowest BCUT2D eigenvalue weighted by molar-refractivity contribution is -0.182. The lowest BCUT2D eigenvalue weighted by atomic mass is 9.32. The van der Waals surface area contributed by atoms with Gasteiger partial charge in [-0.1, -0.05) is 42.6 Å². The van der Waals surface area contributed by atoms with E-state index in [2.05, 4.69) is 39.7 Å². The summed E-state index contributed by atoms with van der Waals surface area (Å²) < 4.78 is 16.7. The van der Waals surface area contributed by atoms with E-state index in [9.17, 15) is 4.79 Å². The van der Waals surface area contributed by atoms with Crippen molar-refractivity contribution in [2.45, 2.75) is 81.6 Å². The molecule has 8 rings (SSSR count). The molecule has 2 aromatic heterocycles. The summed E-state index contributed by atoms with van der Waals surface area (Å²) in [6, 6.07) is 12.5. The first-order valence-electron chi connectivity index (χ1n) is 14.9. The summed E-state index contributed by atoms with van der Waals surface area (Å²) in [5, 5.41) is 7.93. The van der Waals surface area contributed by atoms with Gasteiger partial charge in [0.2, 0.25) is 17.7 Å². The monoisotopic (exact) mass is 542 g/mol. The molecular weight excluding hydrogens is 504 g/mol. The number of carbonyl (C=O) groups is 1. The van der Waals surface area contributed by atoms with E-state index in [0.29, 0.717) is 11.8 Å². The molecule has 40 heavy (non-hydrogen) atoms. The van der Waals surface area contributed by atoms with Gasteiger partial charge in [-0.2, -0.15) is 4.98 Å². The van der Waals surface area contributed by atoms with Gasteiger partial charge in [0.25, 0.3) is 0 Å². The van der Waals surface area contributed by atoms with E-state index in [1.54, 1.807) is 13.3 Å². The minimum atomic E-state index is -0.0552. The first-order chi connectivity index (χ1) is 19.6. The predicted molar refractivity (Wildman–Crippen MR) is 149 cm³/mol. The van der Waals surface area contributed by atoms with Gasteiger partial charge in [-0.3, -0.25) is 4.79 Å². The molecule has 2 bridgehead atoms. The summed E-state index contributed by atoms with van der Waals surface area (Å²) in [6.45, 7) is 1.52. The van der Waals surface area contributed by atoms with Crippen LogP contribution in [0.2, 0.25) is 0 Å². The van der Waals surface area contributed by atoms with Crippen molar-refractivity contribution in [1.82, 2.24) is 20.4 Å². The summed E-state index contributed by atoms with van der Waals surface area (Å²) in [4.78, 5) is 22.7. The smallest absolute Gasteiger partial charge is 0.232 e. The Kier molecular flexibility index (Phi) is 6.61. The molecule has 4 saturated carbocycles. The molecule has 8 heteroatoms. The van der Waals surface area contributed by atoms with E-state index in [-0.39, 0.29) is 28.7 Å². The maximum Gasteiger partial charge on any atom is 0.232 e. The number of amides is 1. The van der Waals surface area contributed by atoms with Crippen LogP contribution in [0.15, 0.2) is 47.1 Å². The minimum absolute atomic E-state index is 0.00615. The highest BCUT2D eigenvalue weighted by molar-refractivity contribution is 5.79. The zero-order chi connectivity index (χ0) is 27.2. The fourth-order valence-electron chi connectivity index (χ4n) is 7.78. The fraction of sp³-hybridized carbons (Fsp3) is 0.562. The fourth-order valence-corrected chi connectivity index (χ4v) is 7.78. The van der Waals surface area contributed by atoms with Crippen LogP contribution in [0.3, 0.4) is 0 Å². The van der Waals surface area contributed by atoms with Gasteiger partial charge in [0.1, 0.15) is 0 Å². The molecule has 1 aliphatic heterocycles. The summed E-state index contributed by atoms with van der Waals surface area (Å²) in [6.07, 6.45) is 12.0. The van der Waals surface area contributed by atoms with Gasteiger partial charge < -0.3 is 19.3 Å². The lowest BCUT2D eigenvalue weighted by Crippen LogP contribution is -2.69. The molecule has 1 saturated heterocycles. The normalized spacial score (nSPS) is 27.3. The molecule has 5 aliphatic rings. The van der Waals surface area contributed by atoms with Crippen LogP contribution >= 0.6 is 0 Å². The SMILES string of the molecule is COc1cc(-c2cccc(C(NC(=O)C3CCCCC3)C34CC(c5nc(C6CCOCC6)no5)(C3)C4)c2)ccn1. The molecule has 3 aromatic rings. The number of hydrogen-bond acceptors (Lipinski definition) is 7. The van der Waals surface area contributed by atoms with Gasteiger partial charge in [0.15, 0.2) is 5.82 Å². The van der Waals surface area contributed by atoms with Crippen molar-refractivity contribution in [3.8, 4) is 17.0 Å². The zero-order valence-corrected chi connectivity index (χ0v) is 23.2. The highest BCUT2D eigenvalue weighted by Crippen LogP contribution is 2.77. The molecule has 210 valence electrons. The van der Waals surface area contributed by atoms with Crippen LogP contribution in [0.1, 0.15) is 93.4 Å². The number of pyridine rings is 1. The second-order valence-electron chi connectivity index (χ2n) is 12.5. The number of nitrogens with one attached hydrogen (secondary N) is 1. The maximum atomic E-state index is 13.6. The average Bonchev–Trinajstić information content (AvgIpc) is 3.46. The van der Waals surface area contributed by atoms with Crippen molar-refractivity contribution in [1.29, 1.82) is 0 Å². The number of aromatic nitrogens is 3. The number of benzene rings is 1. The minimum Gasteiger partial charge on any atom is -0.481 e. The van der Waals surface area contributed by atoms with Gasteiger partial charge >= 0.3 is 0 Å². The highest BCUT2D eigenvalue weighted by atomic mass is 16.5. The first kappa shape index (κ1) is 25.7. The number of methoxy groups -OCH3 is 1. The van der Waals surface area contributed by atoms with Crippen molar-refractivity contribution in [3.05, 3.63) is 59.9 Å². The van der Waals surface area contributed by atoms with Gasteiger partial charge in [-0.05, 0) is 79.2 Å². The summed E-state index contributed by atoms with van der Waals surface area (Å²) in [5.41, 5.74) is 3.24. The van der Waals surface area contributed by atoms with Crippen molar-refractivity contribution in [2.24, 2.45) is 11.3 Å². The van der Waals surface area contributed by atoms with Crippen LogP contribution in [0.4, 0.5) is 0 Å². The van der Waals surface area contributed by atoms with Crippen LogP contribution in [-0.4, -0.2) is 41.4 Å². The highest BCUT2D eigenvalue weighted by Gasteiger charge is 2.74. The lowest BCUT2D eigenvalue weighted by Gasteiger charge is -2.71. The van der Waals surface area contributed by atoms with E-state index in [0.717, 1.165) is 99.4 Å². The van der Waals surface area contributed by atoms with Crippen LogP contribution < -0.4 is 10.1 Å². The molecule has 1 unspecified atom stereocenters. The molecule has 0 spiro atoms. The molecule has 0 radical (unpaired) electrons. The third kappa shape index (κ3) is 4.50. The zero-order valence-electron chi connectivity index (χ0n) is 23.2. The number of hydrogen-bond donors (Lipinski definition) is 1. The standard InChI is InChI=1S/C32H38N4O4/c1-38-26-17-24(10-13-33-26)23-8-5-9-25(16-23)27(34-29(37)22-6-3-2-4-7-22)31-18-32(19-31,20-31)30-35-28(36-40-30)21-11-14-39-15-12-21/h5,8-10,13,16-17,21-22,27H,2-4,6-7,11-12,14-15,18-20H2,1H3,(H,34,37). The van der Waals surface area contributed by atoms with E-state index in [1.165, 1.54) is 6.42 Å². The van der Waals surface area contributed by atoms with Gasteiger partial charge in [-0.25, -0.2) is 4.98 Å². The Bertz CT molecular complexity index is 1350. The number of ether oxygens (including phenoxy) is 2. The number of nitrogens with zero attached hydrogens (tertiary/aromatic N) is 3. The number of carbonyl (C=O) groups excluding carboxylic acids is 1. The van der Waals surface area contributed by atoms with Crippen molar-refractivity contribution in [2.75, 3.05) is 20.3 Å². The molecule has 1 atom stereocenters. The van der Waals surface area contributed by atoms with Gasteiger partial charge in [0.05, 0.1) is 18.6 Å². The van der Waals surface area contributed by atoms with Crippen molar-refractivity contribution in [3.63, 3.8) is 0 Å². The molecule has 1 aromatic carbocycles. The van der Waals surface area contributed by atoms with Crippen molar-refractivity contribution < 1.29 is 18.8 Å². The quantitative estimate of drug-likeness (QED) is 0.379. The third-order valence-electron chi connectivity index (χ3n) is 9.93. The summed E-state index contributed by atoms with van der Waals surface area (Å²) in [7, 11) is 1.63. The van der Waals surface area contributed by atoms with E-state index in [1.807, 2.05) is 12.1 Å². The topological polar surface area (TPSA) is 99.4 Å². The van der Waals surface area contributed by atoms with E-state index in [4.69, 9.17) is 19.0 Å². The van der Waals surface area contributed by atoms with E-state index >= 15 is 0 Å². The first-order valence-corrected chi connectivity index (χ1v) is 14.9. The Balaban J connectivity index is 1.14. The molecule has 1 N–H and O–H groups in total. The molecule has 3 heterocycles. The molecule has 8 nitrogen and oxygen atoms in total. The molecule has 5 fully saturated rings. The second-order valence-corrected chi connectivity index (χ2v) is 12.5. The predicted octanol–water partition coefficient (Wildman–Crippen LogP) is 5.89. The Hall–Kier alpha value is -3.26. The summed E-state index contributed by atoms with van der Waals surface area (Å²) >= 11 is 0. The van der Waals surface area contributed by atoms with Crippen LogP contribution in [-0.2, 0) is 14.9 Å².